The van der Waals surface area contributed by atoms with Crippen LogP contribution >= 0.6 is 0 Å². The molecule has 0 spiro atoms. The van der Waals surface area contributed by atoms with Crippen molar-refractivity contribution in [3.63, 3.8) is 0 Å². The smallest absolute Gasteiger partial charge is 0.159 e. The van der Waals surface area contributed by atoms with Crippen LogP contribution < -0.4 is 0 Å². The van der Waals surface area contributed by atoms with Crippen LogP contribution in [0.1, 0.15) is 31.4 Å². The van der Waals surface area contributed by atoms with Crippen LogP contribution in [-0.2, 0) is 13.0 Å². The van der Waals surface area contributed by atoms with Crippen LogP contribution in [0.3, 0.4) is 0 Å². The molecule has 0 bridgehead atoms. The third-order valence-corrected chi connectivity index (χ3v) is 4.82. The van der Waals surface area contributed by atoms with Gasteiger partial charge in [0, 0.05) is 12.6 Å². The van der Waals surface area contributed by atoms with Crippen LogP contribution in [0.4, 0.5) is 8.78 Å². The molecule has 3 aromatic carbocycles. The fraction of sp³-hybridized carbons (Fsp3) is 0.304. The first kappa shape index (κ1) is 18.5. The van der Waals surface area contributed by atoms with Gasteiger partial charge in [0.2, 0.25) is 0 Å². The molecule has 0 fully saturated rings. The van der Waals surface area contributed by atoms with Crippen LogP contribution in [-0.4, -0.2) is 17.5 Å². The predicted octanol–water partition coefficient (Wildman–Crippen LogP) is 5.96. The molecule has 0 N–H and O–H groups in total. The van der Waals surface area contributed by atoms with E-state index in [2.05, 4.69) is 61.2 Å². The molecule has 0 amide bonds. The van der Waals surface area contributed by atoms with Gasteiger partial charge in [0.05, 0.1) is 0 Å². The molecule has 0 aliphatic carbocycles. The van der Waals surface area contributed by atoms with Gasteiger partial charge in [-0.2, -0.15) is 0 Å². The van der Waals surface area contributed by atoms with Crippen molar-refractivity contribution < 1.29 is 8.78 Å². The zero-order valence-electron chi connectivity index (χ0n) is 15.4. The molecule has 0 atom stereocenters. The van der Waals surface area contributed by atoms with Crippen LogP contribution in [0.15, 0.2) is 60.7 Å². The summed E-state index contributed by atoms with van der Waals surface area (Å²) in [5, 5.41) is 2.53. The number of halogens is 2. The van der Waals surface area contributed by atoms with Gasteiger partial charge in [0.25, 0.3) is 0 Å². The van der Waals surface area contributed by atoms with Crippen molar-refractivity contribution in [2.24, 2.45) is 0 Å². The number of benzene rings is 3. The Balaban J connectivity index is 1.60. The van der Waals surface area contributed by atoms with E-state index in [1.807, 2.05) is 0 Å². The van der Waals surface area contributed by atoms with Crippen molar-refractivity contribution in [3.8, 4) is 0 Å². The summed E-state index contributed by atoms with van der Waals surface area (Å²) in [5.74, 6) is -1.57. The normalized spacial score (nSPS) is 11.6. The minimum atomic E-state index is -0.791. The van der Waals surface area contributed by atoms with Crippen molar-refractivity contribution in [1.29, 1.82) is 0 Å². The summed E-state index contributed by atoms with van der Waals surface area (Å²) in [4.78, 5) is 2.30. The van der Waals surface area contributed by atoms with E-state index in [0.29, 0.717) is 12.6 Å². The van der Waals surface area contributed by atoms with Crippen molar-refractivity contribution in [2.45, 2.75) is 39.3 Å². The summed E-state index contributed by atoms with van der Waals surface area (Å²) < 4.78 is 26.5. The summed E-state index contributed by atoms with van der Waals surface area (Å²) in [6.45, 7) is 5.82. The van der Waals surface area contributed by atoms with Gasteiger partial charge in [-0.25, -0.2) is 8.78 Å². The lowest BCUT2D eigenvalue weighted by molar-refractivity contribution is 0.210. The third kappa shape index (κ3) is 4.67. The maximum absolute atomic E-state index is 13.4. The van der Waals surface area contributed by atoms with Crippen molar-refractivity contribution in [1.82, 2.24) is 4.90 Å². The quantitative estimate of drug-likeness (QED) is 0.506. The predicted molar refractivity (Wildman–Crippen MR) is 104 cm³/mol. The fourth-order valence-electron chi connectivity index (χ4n) is 3.27. The SMILES string of the molecule is CC(C)N(CCCc1ccc2ccccc2c1)Cc1ccc(F)c(F)c1. The van der Waals surface area contributed by atoms with E-state index >= 15 is 0 Å². The Morgan fingerprint density at radius 3 is 2.27 bits per heavy atom. The highest BCUT2D eigenvalue weighted by molar-refractivity contribution is 5.82. The van der Waals surface area contributed by atoms with Crippen LogP contribution in [0.5, 0.6) is 0 Å². The molecule has 3 aromatic rings. The molecular formula is C23H25F2N. The molecular weight excluding hydrogens is 328 g/mol. The first-order valence-corrected chi connectivity index (χ1v) is 9.18. The van der Waals surface area contributed by atoms with Gasteiger partial charge in [-0.3, -0.25) is 4.90 Å². The van der Waals surface area contributed by atoms with Crippen molar-refractivity contribution in [3.05, 3.63) is 83.4 Å². The van der Waals surface area contributed by atoms with Crippen LogP contribution in [0.25, 0.3) is 10.8 Å². The Hall–Kier alpha value is -2.26. The number of hydrogen-bond donors (Lipinski definition) is 0. The minimum absolute atomic E-state index is 0.347. The van der Waals surface area contributed by atoms with Gasteiger partial charge >= 0.3 is 0 Å². The van der Waals surface area contributed by atoms with E-state index in [1.165, 1.54) is 28.5 Å². The lowest BCUT2D eigenvalue weighted by Crippen LogP contribution is -2.31. The number of fused-ring (bicyclic) bond motifs is 1. The highest BCUT2D eigenvalue weighted by Crippen LogP contribution is 2.18. The number of aryl methyl sites for hydroxylation is 1. The van der Waals surface area contributed by atoms with Gasteiger partial charge in [-0.15, -0.1) is 0 Å². The van der Waals surface area contributed by atoms with Crippen molar-refractivity contribution >= 4 is 10.8 Å². The molecule has 26 heavy (non-hydrogen) atoms. The number of rotatable bonds is 7. The summed E-state index contributed by atoms with van der Waals surface area (Å²) in [6.07, 6.45) is 2.03. The second-order valence-electron chi connectivity index (χ2n) is 7.10. The van der Waals surface area contributed by atoms with Crippen molar-refractivity contribution in [2.75, 3.05) is 6.54 Å². The number of nitrogens with zero attached hydrogens (tertiary/aromatic N) is 1. The van der Waals surface area contributed by atoms with E-state index < -0.39 is 11.6 Å². The van der Waals surface area contributed by atoms with Gasteiger partial charge in [0.15, 0.2) is 11.6 Å². The van der Waals surface area contributed by atoms with Gasteiger partial charge < -0.3 is 0 Å². The van der Waals surface area contributed by atoms with E-state index in [9.17, 15) is 8.78 Å². The zero-order chi connectivity index (χ0) is 18.5. The Labute approximate surface area is 154 Å². The molecule has 3 heteroatoms. The van der Waals surface area contributed by atoms with Gasteiger partial charge in [-0.1, -0.05) is 48.5 Å². The first-order chi connectivity index (χ1) is 12.5. The molecule has 0 radical (unpaired) electrons. The zero-order valence-corrected chi connectivity index (χ0v) is 15.4. The summed E-state index contributed by atoms with van der Waals surface area (Å²) in [6, 6.07) is 19.5. The summed E-state index contributed by atoms with van der Waals surface area (Å²) in [7, 11) is 0. The summed E-state index contributed by atoms with van der Waals surface area (Å²) in [5.41, 5.74) is 2.14. The largest absolute Gasteiger partial charge is 0.297 e. The third-order valence-electron chi connectivity index (χ3n) is 4.82. The Kier molecular flexibility index (Phi) is 6.00. The molecule has 136 valence electrons. The standard InChI is InChI=1S/C23H25F2N/c1-17(2)26(16-19-10-12-22(24)23(25)15-19)13-5-6-18-9-11-20-7-3-4-8-21(20)14-18/h3-4,7-12,14-15,17H,5-6,13,16H2,1-2H3. The van der Waals surface area contributed by atoms with Gasteiger partial charge in [0.1, 0.15) is 0 Å². The molecule has 1 nitrogen and oxygen atoms in total. The monoisotopic (exact) mass is 353 g/mol. The summed E-state index contributed by atoms with van der Waals surface area (Å²) >= 11 is 0. The second kappa shape index (κ2) is 8.41. The second-order valence-corrected chi connectivity index (χ2v) is 7.10. The lowest BCUT2D eigenvalue weighted by atomic mass is 10.0. The van der Waals surface area contributed by atoms with E-state index in [4.69, 9.17) is 0 Å². The molecule has 0 saturated heterocycles. The van der Waals surface area contributed by atoms with E-state index in [1.54, 1.807) is 6.07 Å². The Morgan fingerprint density at radius 1 is 0.808 bits per heavy atom. The van der Waals surface area contributed by atoms with E-state index in [-0.39, 0.29) is 0 Å². The average molecular weight is 353 g/mol. The van der Waals surface area contributed by atoms with E-state index in [0.717, 1.165) is 24.9 Å². The molecule has 3 rings (SSSR count). The Bertz CT molecular complexity index is 873. The topological polar surface area (TPSA) is 3.24 Å². The highest BCUT2D eigenvalue weighted by atomic mass is 19.2. The maximum atomic E-state index is 13.4. The lowest BCUT2D eigenvalue weighted by Gasteiger charge is -2.26. The van der Waals surface area contributed by atoms with Crippen LogP contribution in [0, 0.1) is 11.6 Å². The Morgan fingerprint density at radius 2 is 1.54 bits per heavy atom. The molecule has 0 heterocycles. The highest BCUT2D eigenvalue weighted by Gasteiger charge is 2.12. The molecule has 0 saturated carbocycles. The van der Waals surface area contributed by atoms with Crippen LogP contribution in [0.2, 0.25) is 0 Å². The number of hydrogen-bond acceptors (Lipinski definition) is 1. The first-order valence-electron chi connectivity index (χ1n) is 9.18. The fourth-order valence-corrected chi connectivity index (χ4v) is 3.27. The molecule has 0 aliphatic heterocycles. The minimum Gasteiger partial charge on any atom is -0.297 e. The molecule has 0 aliphatic rings. The average Bonchev–Trinajstić information content (AvgIpc) is 2.63. The molecule has 0 unspecified atom stereocenters. The maximum Gasteiger partial charge on any atom is 0.159 e. The van der Waals surface area contributed by atoms with Gasteiger partial charge in [-0.05, 0) is 67.3 Å². The molecule has 0 aromatic heterocycles.